The lowest BCUT2D eigenvalue weighted by Crippen LogP contribution is -2.54. The van der Waals surface area contributed by atoms with Crippen LogP contribution in [0.1, 0.15) is 109 Å². The summed E-state index contributed by atoms with van der Waals surface area (Å²) in [6.45, 7) is 21.5. The van der Waals surface area contributed by atoms with Gasteiger partial charge in [0.05, 0.1) is 41.5 Å². The van der Waals surface area contributed by atoms with E-state index in [1.807, 2.05) is 52.7 Å². The van der Waals surface area contributed by atoms with Crippen LogP contribution >= 0.6 is 11.3 Å². The number of H-pyrrole nitrogens is 1. The van der Waals surface area contributed by atoms with Gasteiger partial charge in [-0.15, -0.1) is 30.8 Å². The quantitative estimate of drug-likeness (QED) is 0.129. The standard InChI is InChI=1S/C24H38F2N4O4.C17H18N2O2S.C4H8.C2H2.2CH2O/c1-6-9-17(20(32)27-5)28-21(33)18-10-7-13-30(18)22(34)16(23(2,3)4)14-19(31)29-12-8-11-24(25,26)15-29;1-9(2)17-19-13(8-22-17)12-7-14(20)11-5-6-15(21-4)10(3)16(11)18-12;1-4-2-3-4;3*1-2/h6,16-18H,1,7-15H2,2-5H3,(H,27,32)(H,28,33);5-9H,1-4H3,(H,18,20);4H,2-3H2,1H3;1-2H;2*1H2/t16-,17-,18+;;;;;/m1...../s1. The number of thiazole rings is 1. The molecule has 3 aromatic rings. The Morgan fingerprint density at radius 2 is 1.70 bits per heavy atom. The molecule has 2 aromatic heterocycles. The number of rotatable bonds is 11. The SMILES string of the molecule is C#C.C=CC[C@@H](NC(=O)[C@@H]1CCCN1C(=O)[C@@H](CC(=O)N1CCCC(F)(F)C1)C(C)(C)C)C(=O)NC.C=O.C=O.CC1CC1.COc1ccc2c(=O)cc(-c3csc(C(C)C)n3)[nH]c2c1C. The van der Waals surface area contributed by atoms with Crippen molar-refractivity contribution in [1.29, 1.82) is 0 Å². The highest BCUT2D eigenvalue weighted by Gasteiger charge is 2.44. The number of ether oxygens (including phenoxy) is 1. The van der Waals surface area contributed by atoms with Gasteiger partial charge in [-0.2, -0.15) is 0 Å². The van der Waals surface area contributed by atoms with E-state index in [1.165, 1.54) is 30.9 Å². The highest BCUT2D eigenvalue weighted by molar-refractivity contribution is 7.10. The number of carbonyl (C=O) groups excluding carboxylic acids is 6. The maximum Gasteiger partial charge on any atom is 0.265 e. The van der Waals surface area contributed by atoms with Crippen molar-refractivity contribution in [2.24, 2.45) is 17.3 Å². The molecule has 0 spiro atoms. The molecule has 0 bridgehead atoms. The summed E-state index contributed by atoms with van der Waals surface area (Å²) < 4.78 is 33.0. The molecule has 0 unspecified atom stereocenters. The van der Waals surface area contributed by atoms with Gasteiger partial charge >= 0.3 is 0 Å². The molecule has 66 heavy (non-hydrogen) atoms. The first-order chi connectivity index (χ1) is 31.2. The summed E-state index contributed by atoms with van der Waals surface area (Å²) in [6, 6.07) is 3.68. The lowest BCUT2D eigenvalue weighted by molar-refractivity contribution is -0.151. The monoisotopic (exact) mass is 940 g/mol. The molecule has 17 heteroatoms. The number of aromatic amines is 1. The lowest BCUT2D eigenvalue weighted by Gasteiger charge is -2.37. The number of methoxy groups -OCH3 is 1. The van der Waals surface area contributed by atoms with Crippen LogP contribution in [0.15, 0.2) is 41.0 Å². The Morgan fingerprint density at radius 1 is 1.08 bits per heavy atom. The molecule has 3 atom stereocenters. The van der Waals surface area contributed by atoms with Gasteiger partial charge in [0.15, 0.2) is 5.43 Å². The van der Waals surface area contributed by atoms with Crippen LogP contribution in [0.4, 0.5) is 8.78 Å². The van der Waals surface area contributed by atoms with E-state index < -0.39 is 47.7 Å². The van der Waals surface area contributed by atoms with Gasteiger partial charge in [-0.3, -0.25) is 24.0 Å². The third kappa shape index (κ3) is 16.9. The number of nitrogens with zero attached hydrogens (tertiary/aromatic N) is 3. The first-order valence-corrected chi connectivity index (χ1v) is 22.8. The number of nitrogens with one attached hydrogen (secondary N) is 3. The molecular formula is C49H70F2N6O8S. The van der Waals surface area contributed by atoms with Crippen LogP contribution in [-0.4, -0.2) is 109 Å². The molecule has 0 radical (unpaired) electrons. The molecule has 364 valence electrons. The van der Waals surface area contributed by atoms with Gasteiger partial charge in [0.1, 0.15) is 31.4 Å². The summed E-state index contributed by atoms with van der Waals surface area (Å²) in [5.41, 5.74) is 2.67. The first-order valence-electron chi connectivity index (χ1n) is 21.9. The number of aromatic nitrogens is 2. The zero-order valence-corrected chi connectivity index (χ0v) is 40.9. The van der Waals surface area contributed by atoms with Gasteiger partial charge in [-0.25, -0.2) is 13.8 Å². The average Bonchev–Trinajstić information content (AvgIpc) is 3.67. The smallest absolute Gasteiger partial charge is 0.265 e. The number of carbonyl (C=O) groups is 6. The van der Waals surface area contributed by atoms with E-state index in [4.69, 9.17) is 14.3 Å². The van der Waals surface area contributed by atoms with Crippen molar-refractivity contribution >= 4 is 59.4 Å². The van der Waals surface area contributed by atoms with Gasteiger partial charge < -0.3 is 39.7 Å². The average molecular weight is 941 g/mol. The summed E-state index contributed by atoms with van der Waals surface area (Å²) in [7, 11) is 3.10. The number of likely N-dealkylation sites (N-methyl/N-ethyl adjacent to an activating group) is 1. The molecule has 1 saturated carbocycles. The molecule has 1 aliphatic carbocycles. The normalized spacial score (nSPS) is 16.8. The fraction of sp³-hybridized carbons (Fsp3) is 0.551. The Hall–Kier alpha value is -5.76. The number of hydrogen-bond acceptors (Lipinski definition) is 10. The van der Waals surface area contributed by atoms with Crippen molar-refractivity contribution in [3.8, 4) is 30.0 Å². The Labute approximate surface area is 392 Å². The first kappa shape index (κ1) is 58.3. The van der Waals surface area contributed by atoms with E-state index in [0.717, 1.165) is 44.0 Å². The summed E-state index contributed by atoms with van der Waals surface area (Å²) in [6.07, 6.45) is 13.6. The Morgan fingerprint density at radius 3 is 2.20 bits per heavy atom. The van der Waals surface area contributed by atoms with Gasteiger partial charge in [-0.1, -0.05) is 60.5 Å². The zero-order chi connectivity index (χ0) is 50.5. The van der Waals surface area contributed by atoms with E-state index >= 15 is 0 Å². The number of aryl methyl sites for hydroxylation is 1. The number of hydrogen-bond donors (Lipinski definition) is 3. The van der Waals surface area contributed by atoms with Crippen LogP contribution in [0.3, 0.4) is 0 Å². The molecule has 2 saturated heterocycles. The van der Waals surface area contributed by atoms with Crippen LogP contribution < -0.4 is 20.8 Å². The van der Waals surface area contributed by atoms with Crippen molar-refractivity contribution in [3.05, 3.63) is 57.0 Å². The topological polar surface area (TPSA) is 188 Å². The highest BCUT2D eigenvalue weighted by atomic mass is 32.1. The highest BCUT2D eigenvalue weighted by Crippen LogP contribution is 2.35. The predicted molar refractivity (Wildman–Crippen MR) is 257 cm³/mol. The predicted octanol–water partition coefficient (Wildman–Crippen LogP) is 7.48. The van der Waals surface area contributed by atoms with Crippen molar-refractivity contribution in [1.82, 2.24) is 30.4 Å². The summed E-state index contributed by atoms with van der Waals surface area (Å²) in [5.74, 6) is -3.07. The summed E-state index contributed by atoms with van der Waals surface area (Å²) in [4.78, 5) is 90.5. The molecule has 14 nitrogen and oxygen atoms in total. The molecule has 3 fully saturated rings. The van der Waals surface area contributed by atoms with Gasteiger partial charge in [0.25, 0.3) is 5.92 Å². The number of alkyl halides is 2. The molecule has 4 amide bonds. The van der Waals surface area contributed by atoms with Crippen LogP contribution in [0.25, 0.3) is 22.3 Å². The fourth-order valence-electron chi connectivity index (χ4n) is 7.23. The number of likely N-dealkylation sites (tertiary alicyclic amines) is 2. The summed E-state index contributed by atoms with van der Waals surface area (Å²) in [5, 5.41) is 8.92. The minimum atomic E-state index is -2.92. The van der Waals surface area contributed by atoms with Crippen LogP contribution in [0.2, 0.25) is 0 Å². The zero-order valence-electron chi connectivity index (χ0n) is 40.1. The molecular weight excluding hydrogens is 871 g/mol. The van der Waals surface area contributed by atoms with E-state index in [1.54, 1.807) is 30.6 Å². The number of terminal acetylenes is 1. The number of pyridine rings is 1. The number of benzene rings is 1. The molecule has 3 aliphatic rings. The Bertz CT molecular complexity index is 2140. The van der Waals surface area contributed by atoms with Gasteiger partial charge in [0.2, 0.25) is 23.6 Å². The Balaban J connectivity index is 0.000000578. The fourth-order valence-corrected chi connectivity index (χ4v) is 8.07. The number of fused-ring (bicyclic) bond motifs is 1. The lowest BCUT2D eigenvalue weighted by atomic mass is 9.77. The van der Waals surface area contributed by atoms with Crippen molar-refractivity contribution in [2.45, 2.75) is 124 Å². The van der Waals surface area contributed by atoms with Crippen LogP contribution in [-0.2, 0) is 28.8 Å². The molecule has 1 aromatic carbocycles. The molecule has 3 N–H and O–H groups in total. The minimum absolute atomic E-state index is 0.00593. The van der Waals surface area contributed by atoms with Crippen molar-refractivity contribution < 1.29 is 42.3 Å². The van der Waals surface area contributed by atoms with Gasteiger partial charge in [0, 0.05) is 61.3 Å². The molecule has 2 aliphatic heterocycles. The van der Waals surface area contributed by atoms with E-state index in [2.05, 4.69) is 60.8 Å². The number of piperidine rings is 1. The second kappa shape index (κ2) is 27.7. The van der Waals surface area contributed by atoms with E-state index in [9.17, 15) is 32.8 Å². The van der Waals surface area contributed by atoms with Gasteiger partial charge in [-0.05, 0) is 56.1 Å². The van der Waals surface area contributed by atoms with Crippen molar-refractivity contribution in [2.75, 3.05) is 33.8 Å². The van der Waals surface area contributed by atoms with E-state index in [0.29, 0.717) is 30.7 Å². The second-order valence-electron chi connectivity index (χ2n) is 17.6. The maximum absolute atomic E-state index is 13.8. The largest absolute Gasteiger partial charge is 0.496 e. The van der Waals surface area contributed by atoms with Crippen molar-refractivity contribution in [3.63, 3.8) is 0 Å². The minimum Gasteiger partial charge on any atom is -0.496 e. The molecule has 4 heterocycles. The second-order valence-corrected chi connectivity index (χ2v) is 18.4. The van der Waals surface area contributed by atoms with Crippen LogP contribution in [0, 0.1) is 37.0 Å². The maximum atomic E-state index is 13.8. The van der Waals surface area contributed by atoms with E-state index in [-0.39, 0.29) is 49.5 Å². The third-order valence-electron chi connectivity index (χ3n) is 11.2. The van der Waals surface area contributed by atoms with Crippen LogP contribution in [0.5, 0.6) is 5.75 Å². The number of amides is 4. The summed E-state index contributed by atoms with van der Waals surface area (Å²) >= 11 is 1.62. The number of halogens is 2. The molecule has 6 rings (SSSR count). The Kier molecular flexibility index (Phi) is 24.4. The third-order valence-corrected chi connectivity index (χ3v) is 12.3.